The summed E-state index contributed by atoms with van der Waals surface area (Å²) in [4.78, 5) is 14.5. The first-order chi connectivity index (χ1) is 11.2. The highest BCUT2D eigenvalue weighted by molar-refractivity contribution is 6.04. The molecular formula is C18H20FN3O. The Morgan fingerprint density at radius 2 is 1.78 bits per heavy atom. The number of hydrogen-bond donors (Lipinski definition) is 2. The number of nitrogens with zero attached hydrogens (tertiary/aromatic N) is 1. The first-order valence-electron chi connectivity index (χ1n) is 7.80. The standard InChI is InChI=1S/C18H20FN3O/c19-17-4-2-1-3-16(17)18(23)21-15-7-5-14(6-8-15)13-22-11-9-20-10-12-22/h1-8,20H,9-13H2,(H,21,23). The number of anilines is 1. The van der Waals surface area contributed by atoms with Crippen molar-refractivity contribution in [2.45, 2.75) is 6.54 Å². The monoisotopic (exact) mass is 313 g/mol. The number of piperazine rings is 1. The fraction of sp³-hybridized carbons (Fsp3) is 0.278. The molecule has 1 aliphatic rings. The lowest BCUT2D eigenvalue weighted by molar-refractivity contribution is 0.102. The molecule has 1 saturated heterocycles. The molecule has 3 rings (SSSR count). The van der Waals surface area contributed by atoms with Crippen LogP contribution in [0.2, 0.25) is 0 Å². The van der Waals surface area contributed by atoms with Gasteiger partial charge in [-0.1, -0.05) is 24.3 Å². The van der Waals surface area contributed by atoms with Gasteiger partial charge in [0.15, 0.2) is 0 Å². The van der Waals surface area contributed by atoms with E-state index in [0.29, 0.717) is 5.69 Å². The van der Waals surface area contributed by atoms with E-state index in [9.17, 15) is 9.18 Å². The molecule has 2 aromatic rings. The minimum atomic E-state index is -0.514. The first kappa shape index (κ1) is 15.6. The predicted octanol–water partition coefficient (Wildman–Crippen LogP) is 2.48. The molecular weight excluding hydrogens is 293 g/mol. The highest BCUT2D eigenvalue weighted by Crippen LogP contribution is 2.14. The van der Waals surface area contributed by atoms with Crippen LogP contribution in [0, 0.1) is 5.82 Å². The summed E-state index contributed by atoms with van der Waals surface area (Å²) in [6, 6.07) is 13.7. The number of hydrogen-bond acceptors (Lipinski definition) is 3. The molecule has 120 valence electrons. The number of carbonyl (C=O) groups is 1. The summed E-state index contributed by atoms with van der Waals surface area (Å²) >= 11 is 0. The van der Waals surface area contributed by atoms with Crippen molar-refractivity contribution in [1.82, 2.24) is 10.2 Å². The van der Waals surface area contributed by atoms with Crippen LogP contribution in [-0.2, 0) is 6.54 Å². The maximum absolute atomic E-state index is 13.6. The molecule has 0 aromatic heterocycles. The third-order valence-electron chi connectivity index (χ3n) is 3.95. The number of carbonyl (C=O) groups excluding carboxylic acids is 1. The molecule has 1 amide bonds. The average molecular weight is 313 g/mol. The van der Waals surface area contributed by atoms with E-state index in [1.807, 2.05) is 24.3 Å². The summed E-state index contributed by atoms with van der Waals surface area (Å²) in [7, 11) is 0. The summed E-state index contributed by atoms with van der Waals surface area (Å²) in [6.07, 6.45) is 0. The number of halogens is 1. The quantitative estimate of drug-likeness (QED) is 0.911. The largest absolute Gasteiger partial charge is 0.322 e. The van der Waals surface area contributed by atoms with E-state index in [1.165, 1.54) is 17.7 Å². The maximum atomic E-state index is 13.6. The second kappa shape index (κ2) is 7.35. The van der Waals surface area contributed by atoms with Crippen LogP contribution >= 0.6 is 0 Å². The Bertz CT molecular complexity index is 666. The second-order valence-electron chi connectivity index (χ2n) is 5.66. The average Bonchev–Trinajstić information content (AvgIpc) is 2.58. The van der Waals surface area contributed by atoms with Gasteiger partial charge in [-0.25, -0.2) is 4.39 Å². The van der Waals surface area contributed by atoms with Gasteiger partial charge in [-0.3, -0.25) is 9.69 Å². The molecule has 0 saturated carbocycles. The van der Waals surface area contributed by atoms with Crippen LogP contribution in [0.1, 0.15) is 15.9 Å². The topological polar surface area (TPSA) is 44.4 Å². The van der Waals surface area contributed by atoms with Crippen molar-refractivity contribution >= 4 is 11.6 Å². The van der Waals surface area contributed by atoms with Gasteiger partial charge in [0, 0.05) is 38.4 Å². The molecule has 1 fully saturated rings. The summed E-state index contributed by atoms with van der Waals surface area (Å²) in [6.45, 7) is 5.05. The molecule has 4 nitrogen and oxygen atoms in total. The molecule has 0 bridgehead atoms. The molecule has 0 aliphatic carbocycles. The van der Waals surface area contributed by atoms with E-state index in [2.05, 4.69) is 15.5 Å². The van der Waals surface area contributed by atoms with Gasteiger partial charge >= 0.3 is 0 Å². The number of amides is 1. The van der Waals surface area contributed by atoms with Gasteiger partial charge in [0.05, 0.1) is 5.56 Å². The summed E-state index contributed by atoms with van der Waals surface area (Å²) < 4.78 is 13.6. The maximum Gasteiger partial charge on any atom is 0.258 e. The van der Waals surface area contributed by atoms with Crippen LogP contribution in [0.5, 0.6) is 0 Å². The van der Waals surface area contributed by atoms with E-state index in [-0.39, 0.29) is 5.56 Å². The van der Waals surface area contributed by atoms with Crippen LogP contribution in [0.25, 0.3) is 0 Å². The molecule has 0 unspecified atom stereocenters. The highest BCUT2D eigenvalue weighted by Gasteiger charge is 2.12. The van der Waals surface area contributed by atoms with E-state index >= 15 is 0 Å². The van der Waals surface area contributed by atoms with Gasteiger partial charge in [0.2, 0.25) is 0 Å². The van der Waals surface area contributed by atoms with Crippen molar-refractivity contribution < 1.29 is 9.18 Å². The summed E-state index contributed by atoms with van der Waals surface area (Å²) in [5.74, 6) is -0.946. The fourth-order valence-corrected chi connectivity index (χ4v) is 2.66. The van der Waals surface area contributed by atoms with Crippen molar-refractivity contribution in [3.8, 4) is 0 Å². The van der Waals surface area contributed by atoms with E-state index in [1.54, 1.807) is 12.1 Å². The van der Waals surface area contributed by atoms with Crippen LogP contribution in [0.15, 0.2) is 48.5 Å². The van der Waals surface area contributed by atoms with Crippen LogP contribution < -0.4 is 10.6 Å². The summed E-state index contributed by atoms with van der Waals surface area (Å²) in [5.41, 5.74) is 1.93. The fourth-order valence-electron chi connectivity index (χ4n) is 2.66. The predicted molar refractivity (Wildman–Crippen MR) is 88.9 cm³/mol. The minimum absolute atomic E-state index is 0.0531. The normalized spacial score (nSPS) is 15.3. The molecule has 5 heteroatoms. The van der Waals surface area contributed by atoms with E-state index in [0.717, 1.165) is 32.7 Å². The van der Waals surface area contributed by atoms with Gasteiger partial charge in [-0.15, -0.1) is 0 Å². The van der Waals surface area contributed by atoms with Crippen LogP contribution in [0.3, 0.4) is 0 Å². The molecule has 0 atom stereocenters. The van der Waals surface area contributed by atoms with Crippen molar-refractivity contribution in [3.63, 3.8) is 0 Å². The van der Waals surface area contributed by atoms with Gasteiger partial charge in [0.1, 0.15) is 5.82 Å². The third kappa shape index (κ3) is 4.15. The van der Waals surface area contributed by atoms with E-state index < -0.39 is 11.7 Å². The Morgan fingerprint density at radius 3 is 2.48 bits per heavy atom. The number of benzene rings is 2. The molecule has 1 aliphatic heterocycles. The van der Waals surface area contributed by atoms with Gasteiger partial charge < -0.3 is 10.6 Å². The second-order valence-corrected chi connectivity index (χ2v) is 5.66. The Labute approximate surface area is 135 Å². The Balaban J connectivity index is 1.61. The first-order valence-corrected chi connectivity index (χ1v) is 7.80. The van der Waals surface area contributed by atoms with Gasteiger partial charge in [-0.05, 0) is 29.8 Å². The third-order valence-corrected chi connectivity index (χ3v) is 3.95. The highest BCUT2D eigenvalue weighted by atomic mass is 19.1. The van der Waals surface area contributed by atoms with Crippen molar-refractivity contribution in [1.29, 1.82) is 0 Å². The van der Waals surface area contributed by atoms with Crippen molar-refractivity contribution in [3.05, 3.63) is 65.5 Å². The van der Waals surface area contributed by atoms with Gasteiger partial charge in [0.25, 0.3) is 5.91 Å². The Hall–Kier alpha value is -2.24. The SMILES string of the molecule is O=C(Nc1ccc(CN2CCNCC2)cc1)c1ccccc1F. The Morgan fingerprint density at radius 1 is 1.09 bits per heavy atom. The zero-order valence-corrected chi connectivity index (χ0v) is 12.9. The number of nitrogens with one attached hydrogen (secondary N) is 2. The lowest BCUT2D eigenvalue weighted by Gasteiger charge is -2.27. The smallest absolute Gasteiger partial charge is 0.258 e. The molecule has 0 spiro atoms. The van der Waals surface area contributed by atoms with Gasteiger partial charge in [-0.2, -0.15) is 0 Å². The lowest BCUT2D eigenvalue weighted by atomic mass is 10.1. The molecule has 2 N–H and O–H groups in total. The molecule has 2 aromatic carbocycles. The Kier molecular flexibility index (Phi) is 5.00. The van der Waals surface area contributed by atoms with Crippen molar-refractivity contribution in [2.75, 3.05) is 31.5 Å². The minimum Gasteiger partial charge on any atom is -0.322 e. The molecule has 23 heavy (non-hydrogen) atoms. The molecule has 1 heterocycles. The van der Waals surface area contributed by atoms with Crippen molar-refractivity contribution in [2.24, 2.45) is 0 Å². The lowest BCUT2D eigenvalue weighted by Crippen LogP contribution is -2.42. The van der Waals surface area contributed by atoms with Crippen LogP contribution in [-0.4, -0.2) is 37.0 Å². The zero-order chi connectivity index (χ0) is 16.1. The van der Waals surface area contributed by atoms with Crippen LogP contribution in [0.4, 0.5) is 10.1 Å². The van der Waals surface area contributed by atoms with E-state index in [4.69, 9.17) is 0 Å². The summed E-state index contributed by atoms with van der Waals surface area (Å²) in [5, 5.41) is 6.06. The zero-order valence-electron chi connectivity index (χ0n) is 12.9. The molecule has 0 radical (unpaired) electrons. The number of rotatable bonds is 4.